The van der Waals surface area contributed by atoms with Crippen molar-refractivity contribution >= 4 is 36.4 Å². The van der Waals surface area contributed by atoms with Crippen molar-refractivity contribution < 1.29 is 87.1 Å². The van der Waals surface area contributed by atoms with Crippen molar-refractivity contribution in [2.45, 2.75) is 237 Å². The fourth-order valence-electron chi connectivity index (χ4n) is 10.1. The third-order valence-corrected chi connectivity index (χ3v) is 13.7. The average molecular weight is 1130 g/mol. The molecule has 25 nitrogen and oxygen atoms in total. The molecule has 2 unspecified atom stereocenters. The lowest BCUT2D eigenvalue weighted by Crippen LogP contribution is -2.71. The largest absolute Gasteiger partial charge is 0.491 e. The summed E-state index contributed by atoms with van der Waals surface area (Å²) >= 11 is 0. The van der Waals surface area contributed by atoms with Gasteiger partial charge < -0.3 is 94.7 Å². The zero-order valence-electron chi connectivity index (χ0n) is 49.5. The summed E-state index contributed by atoms with van der Waals surface area (Å²) in [7, 11) is 1.33. The highest BCUT2D eigenvalue weighted by molar-refractivity contribution is 5.87. The van der Waals surface area contributed by atoms with E-state index >= 15 is 0 Å². The maximum absolute atomic E-state index is 14.6. The Morgan fingerprint density at radius 3 is 1.80 bits per heavy atom. The van der Waals surface area contributed by atoms with Crippen molar-refractivity contribution in [1.82, 2.24) is 36.4 Å². The number of ether oxygens (including phenoxy) is 8. The summed E-state index contributed by atoms with van der Waals surface area (Å²) in [5.41, 5.74) is -8.79. The number of likely N-dealkylation sites (tertiary alicyclic amines) is 1. The van der Waals surface area contributed by atoms with Gasteiger partial charge in [0.15, 0.2) is 11.9 Å². The zero-order chi connectivity index (χ0) is 59.6. The molecule has 452 valence electrons. The molecule has 2 aliphatic carbocycles. The maximum atomic E-state index is 14.6. The first-order valence-electron chi connectivity index (χ1n) is 27.3. The zero-order valence-corrected chi connectivity index (χ0v) is 49.5. The Hall–Kier alpha value is -4.92. The van der Waals surface area contributed by atoms with E-state index in [0.29, 0.717) is 18.8 Å². The Labute approximate surface area is 465 Å². The molecule has 25 heteroatoms. The van der Waals surface area contributed by atoms with Crippen LogP contribution in [0.3, 0.4) is 0 Å². The number of nitrogens with one attached hydrogen (secondary N) is 5. The normalized spacial score (nSPS) is 31.1. The lowest BCUT2D eigenvalue weighted by atomic mass is 9.72. The number of aliphatic hydroxyl groups is 4. The Kier molecular flexibility index (Phi) is 19.9. The minimum Gasteiger partial charge on any atom is -0.491 e. The van der Waals surface area contributed by atoms with Crippen LogP contribution in [0.4, 0.5) is 24.0 Å². The van der Waals surface area contributed by atoms with Crippen molar-refractivity contribution in [3.05, 3.63) is 11.8 Å². The van der Waals surface area contributed by atoms with Gasteiger partial charge in [0.1, 0.15) is 57.7 Å². The number of hydrogen-bond donors (Lipinski definition) is 9. The summed E-state index contributed by atoms with van der Waals surface area (Å²) in [6, 6.07) is -4.95. The summed E-state index contributed by atoms with van der Waals surface area (Å²) in [4.78, 5) is 83.5. The number of carbonyl (C=O) groups excluding carboxylic acids is 6. The highest BCUT2D eigenvalue weighted by Crippen LogP contribution is 2.45. The first kappa shape index (κ1) is 64.9. The number of amides is 6. The third-order valence-electron chi connectivity index (χ3n) is 13.7. The number of hydrogen-bond acceptors (Lipinski definition) is 19. The third kappa shape index (κ3) is 18.8. The van der Waals surface area contributed by atoms with Gasteiger partial charge in [-0.2, -0.15) is 0 Å². The number of nitrogens with zero attached hydrogens (tertiary/aromatic N) is 2. The van der Waals surface area contributed by atoms with Gasteiger partial charge in [-0.3, -0.25) is 4.79 Å². The molecule has 2 saturated heterocycles. The molecule has 3 heterocycles. The first-order chi connectivity index (χ1) is 36.0. The Morgan fingerprint density at radius 1 is 0.709 bits per heavy atom. The number of β-amino-alcohol motifs (C(OH)–C–C–N with tert-alkyl or cyclic N) is 1. The molecule has 0 aromatic rings. The summed E-state index contributed by atoms with van der Waals surface area (Å²) in [5, 5.41) is 63.8. The second-order valence-corrected chi connectivity index (χ2v) is 27.2. The Bertz CT molecular complexity index is 2210. The maximum Gasteiger partial charge on any atom is 0.410 e. The summed E-state index contributed by atoms with van der Waals surface area (Å²) in [5.74, 6) is -1.85. The number of rotatable bonds is 14. The van der Waals surface area contributed by atoms with Crippen LogP contribution in [0.2, 0.25) is 0 Å². The van der Waals surface area contributed by atoms with Crippen LogP contribution in [0.1, 0.15) is 143 Å². The number of aliphatic hydroxyl groups excluding tert-OH is 2. The van der Waals surface area contributed by atoms with Gasteiger partial charge in [0.05, 0.1) is 43.9 Å². The van der Waals surface area contributed by atoms with Crippen LogP contribution in [0.15, 0.2) is 11.8 Å². The molecule has 0 bridgehead atoms. The molecule has 9 N–H and O–H groups in total. The van der Waals surface area contributed by atoms with Gasteiger partial charge in [0.2, 0.25) is 0 Å². The minimum absolute atomic E-state index is 0.0503. The lowest BCUT2D eigenvalue weighted by Gasteiger charge is -2.52. The van der Waals surface area contributed by atoms with E-state index < -0.39 is 150 Å². The van der Waals surface area contributed by atoms with E-state index in [0.717, 1.165) is 17.7 Å². The van der Waals surface area contributed by atoms with Crippen LogP contribution >= 0.6 is 0 Å². The van der Waals surface area contributed by atoms with Crippen LogP contribution in [-0.2, 0) is 42.7 Å². The van der Waals surface area contributed by atoms with Gasteiger partial charge in [0, 0.05) is 50.5 Å². The van der Waals surface area contributed by atoms with Crippen LogP contribution in [0, 0.1) is 11.3 Å². The van der Waals surface area contributed by atoms with Gasteiger partial charge in [-0.1, -0.05) is 0 Å². The van der Waals surface area contributed by atoms with E-state index in [1.165, 1.54) is 18.9 Å². The molecule has 6 amide bonds. The number of carbonyl (C=O) groups is 6. The van der Waals surface area contributed by atoms with Crippen molar-refractivity contribution in [2.24, 2.45) is 11.3 Å². The highest BCUT2D eigenvalue weighted by Gasteiger charge is 2.58. The molecule has 2 saturated carbocycles. The van der Waals surface area contributed by atoms with Crippen molar-refractivity contribution in [3.63, 3.8) is 0 Å². The first-order valence-corrected chi connectivity index (χ1v) is 27.3. The molecule has 4 fully saturated rings. The van der Waals surface area contributed by atoms with E-state index in [2.05, 4.69) is 26.6 Å². The smallest absolute Gasteiger partial charge is 0.410 e. The number of likely N-dealkylation sites (N-methyl/N-ethyl adjacent to an activating group) is 1. The molecular weight excluding hydrogens is 1030 g/mol. The SMILES string of the molecule is CN(C(=O)OC(C)(C)C)[C@@H]1[C@@H](O)[C@@H](O[C@H]2[C@H](NC(=O)C3(O)CCN(C(=O)OC(C)(C)C)C3)C[C@H](NC(=O)OC(C)(C)C)C([C@H]3OC(CNCC4(CNC(=O)OC(C)(C)C)CC4)=CC[C@H]3NC(=O)OC(C)(C)C)[C@@H]2O)OC[C@]1(C)O. The molecule has 12 atom stereocenters. The van der Waals surface area contributed by atoms with Gasteiger partial charge >= 0.3 is 30.5 Å². The highest BCUT2D eigenvalue weighted by atomic mass is 16.7. The Morgan fingerprint density at radius 2 is 1.25 bits per heavy atom. The second-order valence-electron chi connectivity index (χ2n) is 27.2. The van der Waals surface area contributed by atoms with Crippen LogP contribution in [-0.4, -0.2) is 207 Å². The summed E-state index contributed by atoms with van der Waals surface area (Å²) in [6.45, 7) is 26.7. The van der Waals surface area contributed by atoms with E-state index in [4.69, 9.17) is 37.9 Å². The fraction of sp³-hybridized carbons (Fsp3) is 0.852. The average Bonchev–Trinajstić information content (AvgIpc) is 3.91. The molecule has 79 heavy (non-hydrogen) atoms. The molecule has 0 aromatic heterocycles. The Balaban J connectivity index is 1.55. The van der Waals surface area contributed by atoms with Gasteiger partial charge in [-0.05, 0) is 143 Å². The van der Waals surface area contributed by atoms with Crippen molar-refractivity contribution in [1.29, 1.82) is 0 Å². The summed E-state index contributed by atoms with van der Waals surface area (Å²) in [6.07, 6.45) is -9.08. The molecule has 3 aliphatic heterocycles. The predicted octanol–water partition coefficient (Wildman–Crippen LogP) is 3.67. The molecular formula is C54H93N7O18. The van der Waals surface area contributed by atoms with Gasteiger partial charge in [-0.15, -0.1) is 0 Å². The summed E-state index contributed by atoms with van der Waals surface area (Å²) < 4.78 is 47.3. The van der Waals surface area contributed by atoms with Crippen LogP contribution < -0.4 is 26.6 Å². The van der Waals surface area contributed by atoms with E-state index in [-0.39, 0.29) is 37.8 Å². The van der Waals surface area contributed by atoms with E-state index in [1.54, 1.807) is 110 Å². The quantitative estimate of drug-likeness (QED) is 0.112. The molecule has 0 radical (unpaired) electrons. The van der Waals surface area contributed by atoms with Crippen LogP contribution in [0.5, 0.6) is 0 Å². The van der Waals surface area contributed by atoms with Crippen LogP contribution in [0.25, 0.3) is 0 Å². The topological polar surface area (TPSA) is 324 Å². The monoisotopic (exact) mass is 1130 g/mol. The molecule has 0 spiro atoms. The lowest BCUT2D eigenvalue weighted by molar-refractivity contribution is -0.306. The number of alkyl carbamates (subject to hydrolysis) is 3. The van der Waals surface area contributed by atoms with E-state index in [9.17, 15) is 49.2 Å². The standard InChI is InChI=1S/C54H93N7O18/c1-47(2,3)75-42(65)56-27-53(20-21-53)26-55-25-30-18-19-31(58-43(66)76-48(4,5)6)37(73-30)34-32(59-44(67)77-49(7,8)9)24-33(57-41(64)54(71)22-23-61(28-54)46(69)79-51(13,14)15)38(35(34)62)74-40-36(63)39(52(16,70)29-72-40)60(17)45(68)78-50(10,11)12/h18,31-40,55,62-63,70-71H,19-29H2,1-17H3,(H,56,65)(H,57,64)(H,58,66)(H,59,67)/t31-,32+,33-,34?,35+,36-,37+,38+,39-,40-,52+,54?/m1/s1. The van der Waals surface area contributed by atoms with Gasteiger partial charge in [-0.25, -0.2) is 24.0 Å². The molecule has 0 aromatic carbocycles. The van der Waals surface area contributed by atoms with E-state index in [1.807, 2.05) is 0 Å². The van der Waals surface area contributed by atoms with Crippen molar-refractivity contribution in [3.8, 4) is 0 Å². The fourth-order valence-corrected chi connectivity index (χ4v) is 10.1. The molecule has 5 aliphatic rings. The van der Waals surface area contributed by atoms with Crippen molar-refractivity contribution in [2.75, 3.05) is 46.4 Å². The minimum atomic E-state index is -2.19. The second kappa shape index (κ2) is 24.3. The van der Waals surface area contributed by atoms with Gasteiger partial charge in [0.25, 0.3) is 5.91 Å². The predicted molar refractivity (Wildman–Crippen MR) is 285 cm³/mol. The molecule has 5 rings (SSSR count).